The van der Waals surface area contributed by atoms with E-state index in [0.717, 1.165) is 11.3 Å². The van der Waals surface area contributed by atoms with E-state index < -0.39 is 30.3 Å². The van der Waals surface area contributed by atoms with Crippen LogP contribution in [0.1, 0.15) is 19.8 Å². The zero-order chi connectivity index (χ0) is 14.4. The molecule has 1 heterocycles. The Labute approximate surface area is 110 Å². The van der Waals surface area contributed by atoms with Crippen LogP contribution in [0.5, 0.6) is 0 Å². The molecule has 0 aromatic rings. The number of carbonyl (C=O) groups is 4. The first kappa shape index (κ1) is 14.7. The molecule has 0 aromatic heterocycles. The lowest BCUT2D eigenvalue weighted by Crippen LogP contribution is -2.41. The number of hydrogen-bond acceptors (Lipinski definition) is 4. The van der Waals surface area contributed by atoms with Gasteiger partial charge in [-0.05, 0) is 6.42 Å². The van der Waals surface area contributed by atoms with Crippen molar-refractivity contribution in [2.45, 2.75) is 19.8 Å². The number of amides is 5. The molecule has 7 nitrogen and oxygen atoms in total. The van der Waals surface area contributed by atoms with Gasteiger partial charge in [0.1, 0.15) is 6.54 Å². The fourth-order valence-corrected chi connectivity index (χ4v) is 1.55. The Morgan fingerprint density at radius 3 is 2.47 bits per heavy atom. The summed E-state index contributed by atoms with van der Waals surface area (Å²) >= 11 is 0. The van der Waals surface area contributed by atoms with Gasteiger partial charge in [0.05, 0.1) is 6.54 Å². The Bertz CT molecular complexity index is 452. The van der Waals surface area contributed by atoms with Gasteiger partial charge in [-0.2, -0.15) is 0 Å². The Morgan fingerprint density at radius 1 is 1.26 bits per heavy atom. The van der Waals surface area contributed by atoms with Crippen LogP contribution >= 0.6 is 0 Å². The molecule has 0 atom stereocenters. The summed E-state index contributed by atoms with van der Waals surface area (Å²) in [7, 11) is 0. The van der Waals surface area contributed by atoms with E-state index in [0.29, 0.717) is 11.3 Å². The Morgan fingerprint density at radius 2 is 1.89 bits per heavy atom. The number of nitrogens with one attached hydrogen (secondary N) is 1. The lowest BCUT2D eigenvalue weighted by atomic mass is 10.3. The van der Waals surface area contributed by atoms with Gasteiger partial charge in [-0.3, -0.25) is 19.3 Å². The van der Waals surface area contributed by atoms with E-state index in [1.54, 1.807) is 0 Å². The Kier molecular flexibility index (Phi) is 5.06. The van der Waals surface area contributed by atoms with E-state index in [2.05, 4.69) is 11.2 Å². The second kappa shape index (κ2) is 6.54. The van der Waals surface area contributed by atoms with Crippen molar-refractivity contribution < 1.29 is 19.2 Å². The van der Waals surface area contributed by atoms with Crippen molar-refractivity contribution in [1.29, 1.82) is 0 Å². The predicted octanol–water partition coefficient (Wildman–Crippen LogP) is -0.673. The molecule has 1 saturated heterocycles. The largest absolute Gasteiger partial charge is 0.344 e. The first-order valence-corrected chi connectivity index (χ1v) is 5.90. The first-order valence-electron chi connectivity index (χ1n) is 5.90. The number of hydrogen-bond donors (Lipinski definition) is 1. The lowest BCUT2D eigenvalue weighted by molar-refractivity contribution is -0.144. The van der Waals surface area contributed by atoms with Crippen LogP contribution in [0.25, 0.3) is 0 Å². The second-order valence-corrected chi connectivity index (χ2v) is 3.97. The van der Waals surface area contributed by atoms with E-state index in [-0.39, 0.29) is 13.1 Å². The van der Waals surface area contributed by atoms with Gasteiger partial charge >= 0.3 is 17.8 Å². The predicted molar refractivity (Wildman–Crippen MR) is 65.6 cm³/mol. The van der Waals surface area contributed by atoms with Crippen molar-refractivity contribution in [2.75, 3.05) is 19.6 Å². The van der Waals surface area contributed by atoms with Crippen LogP contribution in [-0.2, 0) is 14.4 Å². The third kappa shape index (κ3) is 3.31. The van der Waals surface area contributed by atoms with Crippen molar-refractivity contribution in [3.63, 3.8) is 0 Å². The van der Waals surface area contributed by atoms with Gasteiger partial charge in [0.2, 0.25) is 5.91 Å². The molecule has 7 heteroatoms. The zero-order valence-corrected chi connectivity index (χ0v) is 10.6. The molecule has 1 N–H and O–H groups in total. The van der Waals surface area contributed by atoms with Gasteiger partial charge in [-0.15, -0.1) is 6.42 Å². The maximum absolute atomic E-state index is 11.8. The van der Waals surface area contributed by atoms with Gasteiger partial charge in [0.25, 0.3) is 0 Å². The molecule has 0 saturated carbocycles. The second-order valence-electron chi connectivity index (χ2n) is 3.97. The molecular weight excluding hydrogens is 250 g/mol. The minimum absolute atomic E-state index is 0.00253. The Hall–Kier alpha value is -2.36. The van der Waals surface area contributed by atoms with Gasteiger partial charge in [-0.25, -0.2) is 9.69 Å². The molecule has 1 aliphatic rings. The molecule has 1 rings (SSSR count). The van der Waals surface area contributed by atoms with Gasteiger partial charge in [0, 0.05) is 6.54 Å². The first-order chi connectivity index (χ1) is 9.02. The summed E-state index contributed by atoms with van der Waals surface area (Å²) in [6.45, 7) is 1.59. The van der Waals surface area contributed by atoms with Crippen molar-refractivity contribution in [3.8, 4) is 12.3 Å². The molecule has 5 amide bonds. The maximum Gasteiger partial charge on any atom is 0.334 e. The maximum atomic E-state index is 11.8. The van der Waals surface area contributed by atoms with Crippen LogP contribution in [0, 0.1) is 12.3 Å². The zero-order valence-electron chi connectivity index (χ0n) is 10.6. The molecular formula is C12H15N3O4. The molecule has 1 aliphatic heterocycles. The fourth-order valence-electron chi connectivity index (χ4n) is 1.55. The van der Waals surface area contributed by atoms with E-state index >= 15 is 0 Å². The number of unbranched alkanes of at least 4 members (excludes halogenated alkanes) is 1. The van der Waals surface area contributed by atoms with Crippen LogP contribution < -0.4 is 5.32 Å². The minimum atomic E-state index is -0.975. The number of imide groups is 2. The highest BCUT2D eigenvalue weighted by molar-refractivity contribution is 6.45. The van der Waals surface area contributed by atoms with E-state index in [1.165, 1.54) is 0 Å². The number of terminal acetylenes is 1. The summed E-state index contributed by atoms with van der Waals surface area (Å²) in [5, 5.41) is 2.32. The molecule has 0 unspecified atom stereocenters. The smallest absolute Gasteiger partial charge is 0.334 e. The molecule has 0 bridgehead atoms. The average molecular weight is 265 g/mol. The van der Waals surface area contributed by atoms with E-state index in [4.69, 9.17) is 6.42 Å². The summed E-state index contributed by atoms with van der Waals surface area (Å²) in [5.41, 5.74) is 0. The number of urea groups is 1. The normalized spacial score (nSPS) is 14.8. The Balaban J connectivity index is 2.67. The molecule has 0 spiro atoms. The minimum Gasteiger partial charge on any atom is -0.344 e. The average Bonchev–Trinajstić information content (AvgIpc) is 2.59. The van der Waals surface area contributed by atoms with Crippen LogP contribution in [0.2, 0.25) is 0 Å². The van der Waals surface area contributed by atoms with Crippen molar-refractivity contribution in [1.82, 2.24) is 15.1 Å². The summed E-state index contributed by atoms with van der Waals surface area (Å²) in [5.74, 6) is -0.246. The number of rotatable bonds is 6. The molecule has 0 radical (unpaired) electrons. The molecule has 102 valence electrons. The standard InChI is InChI=1S/C12H15N3O4/c1-3-5-7-14-10(17)11(18)15(12(14)19)8-9(16)13-6-4-2/h2H,3,5-8H2,1H3,(H,13,16). The summed E-state index contributed by atoms with van der Waals surface area (Å²) in [4.78, 5) is 47.9. The van der Waals surface area contributed by atoms with Gasteiger partial charge < -0.3 is 5.32 Å². The van der Waals surface area contributed by atoms with Gasteiger partial charge in [-0.1, -0.05) is 19.3 Å². The fraction of sp³-hybridized carbons (Fsp3) is 0.500. The summed E-state index contributed by atoms with van der Waals surface area (Å²) in [6.07, 6.45) is 6.36. The topological polar surface area (TPSA) is 86.8 Å². The molecule has 19 heavy (non-hydrogen) atoms. The van der Waals surface area contributed by atoms with Crippen LogP contribution in [-0.4, -0.2) is 53.2 Å². The van der Waals surface area contributed by atoms with Crippen LogP contribution in [0.4, 0.5) is 4.79 Å². The van der Waals surface area contributed by atoms with E-state index in [9.17, 15) is 19.2 Å². The molecule has 0 aliphatic carbocycles. The number of carbonyl (C=O) groups excluding carboxylic acids is 4. The SMILES string of the molecule is C#CCNC(=O)CN1C(=O)C(=O)N(CCCC)C1=O. The third-order valence-corrected chi connectivity index (χ3v) is 2.56. The molecule has 0 aromatic carbocycles. The quantitative estimate of drug-likeness (QED) is 0.392. The highest BCUT2D eigenvalue weighted by atomic mass is 16.2. The highest BCUT2D eigenvalue weighted by Crippen LogP contribution is 2.12. The highest BCUT2D eigenvalue weighted by Gasteiger charge is 2.44. The van der Waals surface area contributed by atoms with Crippen molar-refractivity contribution in [2.24, 2.45) is 0 Å². The molecule has 1 fully saturated rings. The monoisotopic (exact) mass is 265 g/mol. The lowest BCUT2D eigenvalue weighted by Gasteiger charge is -2.14. The van der Waals surface area contributed by atoms with Crippen LogP contribution in [0.15, 0.2) is 0 Å². The van der Waals surface area contributed by atoms with Crippen molar-refractivity contribution >= 4 is 23.8 Å². The van der Waals surface area contributed by atoms with Gasteiger partial charge in [0.15, 0.2) is 0 Å². The summed E-state index contributed by atoms with van der Waals surface area (Å²) in [6, 6.07) is -0.751. The van der Waals surface area contributed by atoms with E-state index in [1.807, 2.05) is 6.92 Å². The van der Waals surface area contributed by atoms with Crippen LogP contribution in [0.3, 0.4) is 0 Å². The number of nitrogens with zero attached hydrogens (tertiary/aromatic N) is 2. The third-order valence-electron chi connectivity index (χ3n) is 2.56. The van der Waals surface area contributed by atoms with Crippen molar-refractivity contribution in [3.05, 3.63) is 0 Å². The summed E-state index contributed by atoms with van der Waals surface area (Å²) < 4.78 is 0.